The van der Waals surface area contributed by atoms with Crippen molar-refractivity contribution in [3.05, 3.63) is 54.3 Å². The molecule has 1 saturated carbocycles. The van der Waals surface area contributed by atoms with E-state index in [4.69, 9.17) is 0 Å². The lowest BCUT2D eigenvalue weighted by molar-refractivity contribution is -0.125. The SMILES string of the molecule is CN(C)c1ccc(NC(=O)C2CCC(C(=O)Nc3cccc(F)c3)CC2)cc1. The van der Waals surface area contributed by atoms with Crippen LogP contribution in [-0.4, -0.2) is 25.9 Å². The number of carbonyl (C=O) groups excluding carboxylic acids is 2. The van der Waals surface area contributed by atoms with Crippen LogP contribution in [0, 0.1) is 17.7 Å². The highest BCUT2D eigenvalue weighted by Gasteiger charge is 2.30. The predicted molar refractivity (Wildman–Crippen MR) is 110 cm³/mol. The van der Waals surface area contributed by atoms with E-state index >= 15 is 0 Å². The van der Waals surface area contributed by atoms with Gasteiger partial charge in [0.25, 0.3) is 0 Å². The maximum absolute atomic E-state index is 13.2. The number of hydrogen-bond acceptors (Lipinski definition) is 3. The van der Waals surface area contributed by atoms with Crippen molar-refractivity contribution in [1.82, 2.24) is 0 Å². The molecule has 0 aliphatic heterocycles. The molecule has 0 heterocycles. The molecule has 0 bridgehead atoms. The van der Waals surface area contributed by atoms with Crippen LogP contribution >= 0.6 is 0 Å². The van der Waals surface area contributed by atoms with E-state index in [9.17, 15) is 14.0 Å². The van der Waals surface area contributed by atoms with Gasteiger partial charge in [0, 0.05) is 43.0 Å². The Hall–Kier alpha value is -2.89. The Bertz CT molecular complexity index is 828. The normalized spacial score (nSPS) is 19.0. The smallest absolute Gasteiger partial charge is 0.227 e. The van der Waals surface area contributed by atoms with Gasteiger partial charge in [0.15, 0.2) is 0 Å². The molecule has 2 N–H and O–H groups in total. The average Bonchev–Trinajstić information content (AvgIpc) is 2.68. The molecule has 1 fully saturated rings. The second-order valence-electron chi connectivity index (χ2n) is 7.48. The van der Waals surface area contributed by atoms with E-state index in [0.717, 1.165) is 11.4 Å². The Morgan fingerprint density at radius 1 is 0.857 bits per heavy atom. The quantitative estimate of drug-likeness (QED) is 0.810. The van der Waals surface area contributed by atoms with Crippen LogP contribution in [0.4, 0.5) is 21.5 Å². The number of halogens is 1. The summed E-state index contributed by atoms with van der Waals surface area (Å²) in [6, 6.07) is 13.6. The van der Waals surface area contributed by atoms with Crippen LogP contribution in [0.1, 0.15) is 25.7 Å². The molecule has 0 saturated heterocycles. The van der Waals surface area contributed by atoms with Crippen LogP contribution < -0.4 is 15.5 Å². The Labute approximate surface area is 164 Å². The van der Waals surface area contributed by atoms with Gasteiger partial charge in [0.05, 0.1) is 0 Å². The third-order valence-electron chi connectivity index (χ3n) is 5.21. The first-order chi connectivity index (χ1) is 13.4. The summed E-state index contributed by atoms with van der Waals surface area (Å²) in [4.78, 5) is 26.9. The van der Waals surface area contributed by atoms with Crippen LogP contribution in [0.15, 0.2) is 48.5 Å². The molecule has 1 aliphatic rings. The summed E-state index contributed by atoms with van der Waals surface area (Å²) in [5, 5.41) is 5.74. The minimum absolute atomic E-state index is 0.00147. The molecular formula is C22H26FN3O2. The summed E-state index contributed by atoms with van der Waals surface area (Å²) in [7, 11) is 3.94. The van der Waals surface area contributed by atoms with Crippen molar-refractivity contribution in [3.8, 4) is 0 Å². The summed E-state index contributed by atoms with van der Waals surface area (Å²) in [5.41, 5.74) is 2.32. The summed E-state index contributed by atoms with van der Waals surface area (Å²) in [6.45, 7) is 0. The highest BCUT2D eigenvalue weighted by Crippen LogP contribution is 2.31. The molecule has 0 atom stereocenters. The lowest BCUT2D eigenvalue weighted by atomic mass is 9.81. The van der Waals surface area contributed by atoms with E-state index in [2.05, 4.69) is 10.6 Å². The van der Waals surface area contributed by atoms with Gasteiger partial charge in [0.2, 0.25) is 11.8 Å². The van der Waals surface area contributed by atoms with E-state index in [0.29, 0.717) is 31.4 Å². The van der Waals surface area contributed by atoms with E-state index < -0.39 is 0 Å². The summed E-state index contributed by atoms with van der Waals surface area (Å²) in [6.07, 6.45) is 2.64. The van der Waals surface area contributed by atoms with Crippen LogP contribution in [-0.2, 0) is 9.59 Å². The first-order valence-corrected chi connectivity index (χ1v) is 9.57. The molecule has 148 valence electrons. The van der Waals surface area contributed by atoms with Crippen LogP contribution in [0.3, 0.4) is 0 Å². The fraction of sp³-hybridized carbons (Fsp3) is 0.364. The zero-order valence-electron chi connectivity index (χ0n) is 16.2. The minimum atomic E-state index is -0.378. The fourth-order valence-electron chi connectivity index (χ4n) is 3.52. The Morgan fingerprint density at radius 2 is 1.39 bits per heavy atom. The van der Waals surface area contributed by atoms with Gasteiger partial charge < -0.3 is 15.5 Å². The summed E-state index contributed by atoms with van der Waals surface area (Å²) < 4.78 is 13.2. The number of amides is 2. The van der Waals surface area contributed by atoms with Crippen molar-refractivity contribution in [3.63, 3.8) is 0 Å². The van der Waals surface area contributed by atoms with Crippen molar-refractivity contribution in [2.75, 3.05) is 29.6 Å². The molecule has 0 radical (unpaired) electrons. The predicted octanol–water partition coefficient (Wildman–Crippen LogP) is 4.28. The molecule has 3 rings (SSSR count). The van der Waals surface area contributed by atoms with Crippen molar-refractivity contribution in [1.29, 1.82) is 0 Å². The van der Waals surface area contributed by atoms with Gasteiger partial charge in [-0.15, -0.1) is 0 Å². The Kier molecular flexibility index (Phi) is 6.29. The monoisotopic (exact) mass is 383 g/mol. The second kappa shape index (κ2) is 8.87. The molecule has 0 aromatic heterocycles. The fourth-order valence-corrected chi connectivity index (χ4v) is 3.52. The zero-order valence-corrected chi connectivity index (χ0v) is 16.2. The topological polar surface area (TPSA) is 61.4 Å². The van der Waals surface area contributed by atoms with Crippen LogP contribution in [0.25, 0.3) is 0 Å². The lowest BCUT2D eigenvalue weighted by Crippen LogP contribution is -2.32. The first kappa shape index (κ1) is 19.9. The number of nitrogens with one attached hydrogen (secondary N) is 2. The molecule has 6 heteroatoms. The van der Waals surface area contributed by atoms with E-state index in [1.807, 2.05) is 43.3 Å². The average molecular weight is 383 g/mol. The van der Waals surface area contributed by atoms with E-state index in [-0.39, 0.29) is 29.5 Å². The number of anilines is 3. The van der Waals surface area contributed by atoms with Crippen molar-refractivity contribution >= 4 is 28.9 Å². The summed E-state index contributed by atoms with van der Waals surface area (Å²) in [5.74, 6) is -0.722. The van der Waals surface area contributed by atoms with Gasteiger partial charge in [0.1, 0.15) is 5.82 Å². The second-order valence-corrected chi connectivity index (χ2v) is 7.48. The number of benzene rings is 2. The van der Waals surface area contributed by atoms with Crippen molar-refractivity contribution < 1.29 is 14.0 Å². The maximum Gasteiger partial charge on any atom is 0.227 e. The Balaban J connectivity index is 1.48. The molecule has 2 aromatic rings. The van der Waals surface area contributed by atoms with Gasteiger partial charge >= 0.3 is 0 Å². The molecule has 28 heavy (non-hydrogen) atoms. The maximum atomic E-state index is 13.2. The third kappa shape index (κ3) is 5.09. The van der Waals surface area contributed by atoms with Crippen LogP contribution in [0.5, 0.6) is 0 Å². The number of hydrogen-bond donors (Lipinski definition) is 2. The highest BCUT2D eigenvalue weighted by molar-refractivity contribution is 5.94. The zero-order chi connectivity index (χ0) is 20.1. The van der Waals surface area contributed by atoms with Gasteiger partial charge in [-0.25, -0.2) is 4.39 Å². The number of carbonyl (C=O) groups is 2. The molecule has 5 nitrogen and oxygen atoms in total. The van der Waals surface area contributed by atoms with Gasteiger partial charge in [-0.3, -0.25) is 9.59 Å². The number of rotatable bonds is 5. The summed E-state index contributed by atoms with van der Waals surface area (Å²) >= 11 is 0. The van der Waals surface area contributed by atoms with Crippen molar-refractivity contribution in [2.24, 2.45) is 11.8 Å². The minimum Gasteiger partial charge on any atom is -0.378 e. The number of nitrogens with zero attached hydrogens (tertiary/aromatic N) is 1. The van der Waals surface area contributed by atoms with E-state index in [1.165, 1.54) is 12.1 Å². The van der Waals surface area contributed by atoms with Crippen LogP contribution in [0.2, 0.25) is 0 Å². The first-order valence-electron chi connectivity index (χ1n) is 9.57. The third-order valence-corrected chi connectivity index (χ3v) is 5.21. The standard InChI is InChI=1S/C22H26FN3O2/c1-26(2)20-12-10-18(11-13-20)24-21(27)15-6-8-16(9-7-15)22(28)25-19-5-3-4-17(23)14-19/h3-5,10-16H,6-9H2,1-2H3,(H,24,27)(H,25,28). The molecule has 2 aromatic carbocycles. The van der Waals surface area contributed by atoms with Gasteiger partial charge in [-0.2, -0.15) is 0 Å². The largest absolute Gasteiger partial charge is 0.378 e. The molecule has 1 aliphatic carbocycles. The van der Waals surface area contributed by atoms with E-state index in [1.54, 1.807) is 12.1 Å². The molecule has 0 spiro atoms. The lowest BCUT2D eigenvalue weighted by Gasteiger charge is -2.27. The Morgan fingerprint density at radius 3 is 1.89 bits per heavy atom. The molecular weight excluding hydrogens is 357 g/mol. The molecule has 0 unspecified atom stereocenters. The van der Waals surface area contributed by atoms with Gasteiger partial charge in [-0.1, -0.05) is 6.07 Å². The molecule has 2 amide bonds. The highest BCUT2D eigenvalue weighted by atomic mass is 19.1. The van der Waals surface area contributed by atoms with Gasteiger partial charge in [-0.05, 0) is 68.1 Å². The van der Waals surface area contributed by atoms with Crippen molar-refractivity contribution in [2.45, 2.75) is 25.7 Å².